The van der Waals surface area contributed by atoms with Gasteiger partial charge in [-0.25, -0.2) is 4.98 Å². The molecule has 5 rings (SSSR count). The molecule has 3 aromatic carbocycles. The highest BCUT2D eigenvalue weighted by Gasteiger charge is 2.48. The monoisotopic (exact) mass is 486 g/mol. The first kappa shape index (κ1) is 22.6. The summed E-state index contributed by atoms with van der Waals surface area (Å²) in [5.74, 6) is -0.525. The molecule has 7 nitrogen and oxygen atoms in total. The standard InChI is InChI=1S/C27H22N2O5S/c1-15-7-9-16(10-8-15)24(30)22-23(17-5-4-6-18(13-17)33-2)29(26(32)25(22)31)27-28-20-12-11-19(34-3)14-21(20)35-27/h4-14,23,30H,1-3H3/t23-/m0/s1. The Labute approximate surface area is 205 Å². The van der Waals surface area contributed by atoms with Crippen LogP contribution in [-0.4, -0.2) is 36.0 Å². The van der Waals surface area contributed by atoms with Crippen LogP contribution in [0.25, 0.3) is 16.0 Å². The van der Waals surface area contributed by atoms with Gasteiger partial charge >= 0.3 is 5.91 Å². The first-order chi connectivity index (χ1) is 16.9. The van der Waals surface area contributed by atoms with Crippen molar-refractivity contribution in [1.82, 2.24) is 4.98 Å². The second-order valence-electron chi connectivity index (χ2n) is 8.14. The number of rotatable bonds is 5. The number of carbonyl (C=O) groups excluding carboxylic acids is 2. The molecule has 1 amide bonds. The number of anilines is 1. The molecule has 0 radical (unpaired) electrons. The zero-order chi connectivity index (χ0) is 24.7. The smallest absolute Gasteiger partial charge is 0.301 e. The van der Waals surface area contributed by atoms with Crippen LogP contribution in [0, 0.1) is 6.92 Å². The van der Waals surface area contributed by atoms with Crippen LogP contribution in [0.15, 0.2) is 72.3 Å². The van der Waals surface area contributed by atoms with E-state index in [1.807, 2.05) is 25.1 Å². The Morgan fingerprint density at radius 3 is 2.40 bits per heavy atom. The van der Waals surface area contributed by atoms with Gasteiger partial charge in [-0.1, -0.05) is 53.3 Å². The predicted molar refractivity (Wildman–Crippen MR) is 135 cm³/mol. The fourth-order valence-electron chi connectivity index (χ4n) is 4.15. The molecule has 35 heavy (non-hydrogen) atoms. The number of methoxy groups -OCH3 is 2. The van der Waals surface area contributed by atoms with E-state index in [-0.39, 0.29) is 11.3 Å². The van der Waals surface area contributed by atoms with E-state index in [0.717, 1.165) is 10.3 Å². The molecule has 2 heterocycles. The van der Waals surface area contributed by atoms with Gasteiger partial charge < -0.3 is 14.6 Å². The summed E-state index contributed by atoms with van der Waals surface area (Å²) in [5, 5.41) is 11.6. The number of aliphatic hydroxyl groups excluding tert-OH is 1. The summed E-state index contributed by atoms with van der Waals surface area (Å²) < 4.78 is 11.5. The number of hydrogen-bond donors (Lipinski definition) is 1. The number of nitrogens with zero attached hydrogens (tertiary/aromatic N) is 2. The summed E-state index contributed by atoms with van der Waals surface area (Å²) in [7, 11) is 3.12. The van der Waals surface area contributed by atoms with Gasteiger partial charge in [0.1, 0.15) is 17.3 Å². The normalized spacial score (nSPS) is 17.2. The quantitative estimate of drug-likeness (QED) is 0.236. The molecule has 1 fully saturated rings. The minimum atomic E-state index is -0.881. The molecular weight excluding hydrogens is 464 g/mol. The van der Waals surface area contributed by atoms with Crippen LogP contribution in [0.5, 0.6) is 11.5 Å². The molecule has 1 atom stereocenters. The van der Waals surface area contributed by atoms with E-state index in [4.69, 9.17) is 9.47 Å². The molecule has 0 aliphatic carbocycles. The fourth-order valence-corrected chi connectivity index (χ4v) is 5.17. The van der Waals surface area contributed by atoms with Crippen LogP contribution in [0.2, 0.25) is 0 Å². The molecule has 8 heteroatoms. The number of hydrogen-bond acceptors (Lipinski definition) is 7. The van der Waals surface area contributed by atoms with Crippen molar-refractivity contribution in [2.75, 3.05) is 19.1 Å². The number of thiazole rings is 1. The third kappa shape index (κ3) is 3.91. The van der Waals surface area contributed by atoms with Crippen LogP contribution in [0.3, 0.4) is 0 Å². The molecule has 0 bridgehead atoms. The second-order valence-corrected chi connectivity index (χ2v) is 9.15. The Hall–Kier alpha value is -4.17. The van der Waals surface area contributed by atoms with Crippen LogP contribution < -0.4 is 14.4 Å². The number of aromatic nitrogens is 1. The van der Waals surface area contributed by atoms with Crippen LogP contribution in [-0.2, 0) is 9.59 Å². The number of ketones is 1. The van der Waals surface area contributed by atoms with Crippen molar-refractivity contribution in [3.05, 3.63) is 89.0 Å². The van der Waals surface area contributed by atoms with E-state index < -0.39 is 17.7 Å². The van der Waals surface area contributed by atoms with Crippen LogP contribution >= 0.6 is 11.3 Å². The zero-order valence-corrected chi connectivity index (χ0v) is 20.1. The van der Waals surface area contributed by atoms with Gasteiger partial charge in [0.2, 0.25) is 0 Å². The Kier molecular flexibility index (Phi) is 5.74. The first-order valence-corrected chi connectivity index (χ1v) is 11.7. The number of Topliss-reactive ketones (excluding diaryl/α,β-unsaturated/α-hetero) is 1. The highest BCUT2D eigenvalue weighted by molar-refractivity contribution is 7.22. The van der Waals surface area contributed by atoms with Crippen molar-refractivity contribution < 1.29 is 24.2 Å². The van der Waals surface area contributed by atoms with Gasteiger partial charge in [-0.3, -0.25) is 14.5 Å². The van der Waals surface area contributed by atoms with E-state index in [9.17, 15) is 14.7 Å². The Morgan fingerprint density at radius 2 is 1.69 bits per heavy atom. The second kappa shape index (κ2) is 8.88. The molecule has 1 aliphatic heterocycles. The summed E-state index contributed by atoms with van der Waals surface area (Å²) in [5.41, 5.74) is 2.76. The highest BCUT2D eigenvalue weighted by Crippen LogP contribution is 2.45. The van der Waals surface area contributed by atoms with Crippen molar-refractivity contribution >= 4 is 44.1 Å². The van der Waals surface area contributed by atoms with Gasteiger partial charge in [-0.2, -0.15) is 0 Å². The van der Waals surface area contributed by atoms with Crippen molar-refractivity contribution in [3.8, 4) is 11.5 Å². The van der Waals surface area contributed by atoms with Gasteiger partial charge in [-0.15, -0.1) is 0 Å². The number of amides is 1. The first-order valence-electron chi connectivity index (χ1n) is 10.9. The minimum absolute atomic E-state index is 0.00365. The molecule has 1 aromatic heterocycles. The SMILES string of the molecule is COc1cccc([C@H]2C(=C(O)c3ccc(C)cc3)C(=O)C(=O)N2c2nc3ccc(OC)cc3s2)c1. The summed E-state index contributed by atoms with van der Waals surface area (Å²) in [4.78, 5) is 32.7. The molecule has 0 spiro atoms. The maximum atomic E-state index is 13.4. The third-order valence-electron chi connectivity index (χ3n) is 5.97. The molecule has 1 saturated heterocycles. The maximum absolute atomic E-state index is 13.4. The highest BCUT2D eigenvalue weighted by atomic mass is 32.1. The average Bonchev–Trinajstić information content (AvgIpc) is 3.41. The van der Waals surface area contributed by atoms with Crippen molar-refractivity contribution in [2.45, 2.75) is 13.0 Å². The summed E-state index contributed by atoms with van der Waals surface area (Å²) in [6.45, 7) is 1.93. The van der Waals surface area contributed by atoms with Gasteiger partial charge in [0.25, 0.3) is 5.78 Å². The Balaban J connectivity index is 1.72. The van der Waals surface area contributed by atoms with Gasteiger partial charge in [0.05, 0.1) is 36.1 Å². The van der Waals surface area contributed by atoms with E-state index >= 15 is 0 Å². The molecule has 1 N–H and O–H groups in total. The number of aryl methyl sites for hydroxylation is 1. The van der Waals surface area contributed by atoms with Crippen LogP contribution in [0.4, 0.5) is 5.13 Å². The van der Waals surface area contributed by atoms with Crippen LogP contribution in [0.1, 0.15) is 22.7 Å². The third-order valence-corrected chi connectivity index (χ3v) is 6.99. The lowest BCUT2D eigenvalue weighted by Crippen LogP contribution is -2.29. The van der Waals surface area contributed by atoms with Gasteiger partial charge in [0, 0.05) is 5.56 Å². The Bertz CT molecular complexity index is 1490. The largest absolute Gasteiger partial charge is 0.507 e. The van der Waals surface area contributed by atoms with Gasteiger partial charge in [0.15, 0.2) is 5.13 Å². The van der Waals surface area contributed by atoms with E-state index in [1.54, 1.807) is 62.8 Å². The molecular formula is C27H22N2O5S. The van der Waals surface area contributed by atoms with Gasteiger partial charge in [-0.05, 0) is 42.8 Å². The fraction of sp³-hybridized carbons (Fsp3) is 0.148. The summed E-state index contributed by atoms with van der Waals surface area (Å²) in [6, 6.07) is 18.8. The molecule has 176 valence electrons. The lowest BCUT2D eigenvalue weighted by atomic mass is 9.95. The summed E-state index contributed by atoms with van der Waals surface area (Å²) >= 11 is 1.28. The Morgan fingerprint density at radius 1 is 0.971 bits per heavy atom. The van der Waals surface area contributed by atoms with E-state index in [2.05, 4.69) is 4.98 Å². The summed E-state index contributed by atoms with van der Waals surface area (Å²) in [6.07, 6.45) is 0. The number of carbonyl (C=O) groups is 2. The van der Waals surface area contributed by atoms with E-state index in [0.29, 0.717) is 33.3 Å². The lowest BCUT2D eigenvalue weighted by Gasteiger charge is -2.23. The number of ether oxygens (including phenoxy) is 2. The van der Waals surface area contributed by atoms with Crippen molar-refractivity contribution in [1.29, 1.82) is 0 Å². The average molecular weight is 487 g/mol. The van der Waals surface area contributed by atoms with E-state index in [1.165, 1.54) is 16.2 Å². The minimum Gasteiger partial charge on any atom is -0.507 e. The maximum Gasteiger partial charge on any atom is 0.301 e. The topological polar surface area (TPSA) is 89.0 Å². The van der Waals surface area contributed by atoms with Crippen molar-refractivity contribution in [3.63, 3.8) is 0 Å². The molecule has 4 aromatic rings. The number of benzene rings is 3. The predicted octanol–water partition coefficient (Wildman–Crippen LogP) is 5.25. The number of fused-ring (bicyclic) bond motifs is 1. The van der Waals surface area contributed by atoms with Crippen molar-refractivity contribution in [2.24, 2.45) is 0 Å². The number of aliphatic hydroxyl groups is 1. The molecule has 1 aliphatic rings. The zero-order valence-electron chi connectivity index (χ0n) is 19.3. The lowest BCUT2D eigenvalue weighted by molar-refractivity contribution is -0.132. The molecule has 0 saturated carbocycles. The molecule has 0 unspecified atom stereocenters.